The average Bonchev–Trinajstić information content (AvgIpc) is 2.69. The predicted molar refractivity (Wildman–Crippen MR) is 56.9 cm³/mol. The Morgan fingerprint density at radius 3 is 3.07 bits per heavy atom. The van der Waals surface area contributed by atoms with Gasteiger partial charge in [-0.05, 0) is 30.9 Å². The van der Waals surface area contributed by atoms with Gasteiger partial charge in [-0.25, -0.2) is 4.79 Å². The molecule has 0 atom stereocenters. The molecule has 0 spiro atoms. The molecule has 0 aliphatic rings. The van der Waals surface area contributed by atoms with Crippen molar-refractivity contribution in [1.29, 1.82) is 0 Å². The quantitative estimate of drug-likeness (QED) is 0.773. The summed E-state index contributed by atoms with van der Waals surface area (Å²) in [6.45, 7) is 4.14. The van der Waals surface area contributed by atoms with Gasteiger partial charge in [-0.15, -0.1) is 11.3 Å². The number of carbonyl (C=O) groups is 1. The molecular weight excluding hydrogens is 198 g/mol. The number of aryl methyl sites for hydroxylation is 1. The number of thiophene rings is 1. The molecule has 2 aromatic heterocycles. The fourth-order valence-corrected chi connectivity index (χ4v) is 2.31. The summed E-state index contributed by atoms with van der Waals surface area (Å²) in [5.41, 5.74) is 2.57. The van der Waals surface area contributed by atoms with Crippen molar-refractivity contribution in [1.82, 2.24) is 4.98 Å². The maximum absolute atomic E-state index is 11.5. The summed E-state index contributed by atoms with van der Waals surface area (Å²) in [5.74, 6) is -0.270. The van der Waals surface area contributed by atoms with Crippen molar-refractivity contribution < 1.29 is 9.53 Å². The topological polar surface area (TPSA) is 42.1 Å². The Hall–Kier alpha value is -1.29. The van der Waals surface area contributed by atoms with Gasteiger partial charge < -0.3 is 9.72 Å². The van der Waals surface area contributed by atoms with E-state index in [9.17, 15) is 4.79 Å². The van der Waals surface area contributed by atoms with Gasteiger partial charge >= 0.3 is 5.97 Å². The van der Waals surface area contributed by atoms with Gasteiger partial charge in [-0.2, -0.15) is 0 Å². The molecule has 2 aromatic rings. The fraction of sp³-hybridized carbons (Fsp3) is 0.300. The number of H-pyrrole nitrogens is 1. The second-order valence-electron chi connectivity index (χ2n) is 3.01. The lowest BCUT2D eigenvalue weighted by molar-refractivity contribution is 0.0520. The van der Waals surface area contributed by atoms with Crippen LogP contribution < -0.4 is 0 Å². The first kappa shape index (κ1) is 9.27. The third-order valence-corrected chi connectivity index (χ3v) is 3.15. The van der Waals surface area contributed by atoms with Crippen LogP contribution in [0.5, 0.6) is 0 Å². The number of ether oxygens (including phenoxy) is 1. The van der Waals surface area contributed by atoms with Crippen LogP contribution in [-0.4, -0.2) is 17.6 Å². The molecule has 0 unspecified atom stereocenters. The molecule has 0 radical (unpaired) electrons. The second-order valence-corrected chi connectivity index (χ2v) is 3.92. The Bertz CT molecular complexity index is 469. The molecule has 0 bridgehead atoms. The average molecular weight is 209 g/mol. The number of esters is 1. The zero-order valence-corrected chi connectivity index (χ0v) is 8.90. The zero-order valence-electron chi connectivity index (χ0n) is 8.09. The molecule has 2 rings (SSSR count). The Morgan fingerprint density at radius 2 is 2.43 bits per heavy atom. The molecule has 3 nitrogen and oxygen atoms in total. The molecule has 1 N–H and O–H groups in total. The van der Waals surface area contributed by atoms with Gasteiger partial charge in [0.1, 0.15) is 5.69 Å². The Balaban J connectivity index is 2.47. The van der Waals surface area contributed by atoms with Crippen molar-refractivity contribution in [3.8, 4) is 0 Å². The first-order valence-electron chi connectivity index (χ1n) is 4.47. The second kappa shape index (κ2) is 3.46. The highest BCUT2D eigenvalue weighted by molar-refractivity contribution is 7.17. The van der Waals surface area contributed by atoms with E-state index in [4.69, 9.17) is 4.74 Å². The molecule has 0 aliphatic carbocycles. The maximum atomic E-state index is 11.5. The van der Waals surface area contributed by atoms with Gasteiger partial charge in [0, 0.05) is 0 Å². The summed E-state index contributed by atoms with van der Waals surface area (Å²) in [6, 6.07) is 1.97. The third-order valence-electron chi connectivity index (χ3n) is 2.12. The number of carbonyl (C=O) groups excluding carboxylic acids is 1. The van der Waals surface area contributed by atoms with Crippen molar-refractivity contribution in [2.24, 2.45) is 0 Å². The Labute approximate surface area is 85.7 Å². The van der Waals surface area contributed by atoms with Crippen molar-refractivity contribution in [2.45, 2.75) is 13.8 Å². The molecular formula is C10H11NO2S. The van der Waals surface area contributed by atoms with E-state index in [0.717, 1.165) is 15.8 Å². The summed E-state index contributed by atoms with van der Waals surface area (Å²) in [7, 11) is 0. The van der Waals surface area contributed by atoms with Gasteiger partial charge in [0.05, 0.1) is 16.8 Å². The smallest absolute Gasteiger partial charge is 0.355 e. The van der Waals surface area contributed by atoms with Crippen LogP contribution in [0, 0.1) is 6.92 Å². The molecule has 74 valence electrons. The highest BCUT2D eigenvalue weighted by Gasteiger charge is 2.15. The van der Waals surface area contributed by atoms with E-state index in [-0.39, 0.29) is 5.97 Å². The standard InChI is InChI=1S/C10H11NO2S/c1-3-13-10(12)8-6(2)9-7(11-8)4-5-14-9/h4-5,11H,3H2,1-2H3. The molecule has 0 aliphatic heterocycles. The van der Waals surface area contributed by atoms with Crippen molar-refractivity contribution in [3.05, 3.63) is 22.7 Å². The van der Waals surface area contributed by atoms with Crippen LogP contribution in [0.2, 0.25) is 0 Å². The largest absolute Gasteiger partial charge is 0.461 e. The zero-order chi connectivity index (χ0) is 10.1. The molecule has 0 aromatic carbocycles. The van der Waals surface area contributed by atoms with Crippen LogP contribution in [0.25, 0.3) is 10.2 Å². The first-order chi connectivity index (χ1) is 6.74. The SMILES string of the molecule is CCOC(=O)c1[nH]c2ccsc2c1C. The van der Waals surface area contributed by atoms with Crippen molar-refractivity contribution in [3.63, 3.8) is 0 Å². The van der Waals surface area contributed by atoms with Gasteiger partial charge in [0.2, 0.25) is 0 Å². The summed E-state index contributed by atoms with van der Waals surface area (Å²) in [6.07, 6.45) is 0. The lowest BCUT2D eigenvalue weighted by atomic mass is 10.3. The Kier molecular flexibility index (Phi) is 2.29. The van der Waals surface area contributed by atoms with Gasteiger partial charge in [-0.1, -0.05) is 0 Å². The van der Waals surface area contributed by atoms with Gasteiger partial charge in [-0.3, -0.25) is 0 Å². The third kappa shape index (κ3) is 1.32. The summed E-state index contributed by atoms with van der Waals surface area (Å²) < 4.78 is 6.07. The Morgan fingerprint density at radius 1 is 1.64 bits per heavy atom. The van der Waals surface area contributed by atoms with Crippen molar-refractivity contribution >= 4 is 27.5 Å². The van der Waals surface area contributed by atoms with E-state index in [0.29, 0.717) is 12.3 Å². The highest BCUT2D eigenvalue weighted by atomic mass is 32.1. The molecule has 14 heavy (non-hydrogen) atoms. The number of aromatic amines is 1. The molecule has 0 amide bonds. The minimum atomic E-state index is -0.270. The van der Waals surface area contributed by atoms with Gasteiger partial charge in [0.15, 0.2) is 0 Å². The van der Waals surface area contributed by atoms with E-state index < -0.39 is 0 Å². The number of hydrogen-bond acceptors (Lipinski definition) is 3. The van der Waals surface area contributed by atoms with Crippen LogP contribution in [0.15, 0.2) is 11.4 Å². The van der Waals surface area contributed by atoms with Crippen LogP contribution in [0.4, 0.5) is 0 Å². The molecule has 2 heterocycles. The molecule has 4 heteroatoms. The number of fused-ring (bicyclic) bond motifs is 1. The number of nitrogens with one attached hydrogen (secondary N) is 1. The highest BCUT2D eigenvalue weighted by Crippen LogP contribution is 2.26. The number of hydrogen-bond donors (Lipinski definition) is 1. The summed E-state index contributed by atoms with van der Waals surface area (Å²) in [5, 5.41) is 2.00. The van der Waals surface area contributed by atoms with Crippen LogP contribution in [0.3, 0.4) is 0 Å². The van der Waals surface area contributed by atoms with Crippen LogP contribution in [-0.2, 0) is 4.74 Å². The molecule has 0 fully saturated rings. The normalized spacial score (nSPS) is 10.7. The molecule has 0 saturated carbocycles. The van der Waals surface area contributed by atoms with E-state index in [1.165, 1.54) is 0 Å². The number of rotatable bonds is 2. The van der Waals surface area contributed by atoms with E-state index >= 15 is 0 Å². The monoisotopic (exact) mass is 209 g/mol. The maximum Gasteiger partial charge on any atom is 0.355 e. The number of aromatic nitrogens is 1. The van der Waals surface area contributed by atoms with Crippen LogP contribution >= 0.6 is 11.3 Å². The van der Waals surface area contributed by atoms with E-state index in [1.54, 1.807) is 18.3 Å². The lowest BCUT2D eigenvalue weighted by Crippen LogP contribution is -2.06. The van der Waals surface area contributed by atoms with Crippen LogP contribution in [0.1, 0.15) is 23.0 Å². The first-order valence-corrected chi connectivity index (χ1v) is 5.35. The van der Waals surface area contributed by atoms with Crippen molar-refractivity contribution in [2.75, 3.05) is 6.61 Å². The van der Waals surface area contributed by atoms with Gasteiger partial charge in [0.25, 0.3) is 0 Å². The van der Waals surface area contributed by atoms with E-state index in [2.05, 4.69) is 4.98 Å². The van der Waals surface area contributed by atoms with E-state index in [1.807, 2.05) is 18.4 Å². The molecule has 0 saturated heterocycles. The minimum Gasteiger partial charge on any atom is -0.461 e. The minimum absolute atomic E-state index is 0.270. The summed E-state index contributed by atoms with van der Waals surface area (Å²) >= 11 is 1.63. The lowest BCUT2D eigenvalue weighted by Gasteiger charge is -1.99. The summed E-state index contributed by atoms with van der Waals surface area (Å²) in [4.78, 5) is 14.5. The predicted octanol–water partition coefficient (Wildman–Crippen LogP) is 2.71. The fourth-order valence-electron chi connectivity index (χ4n) is 1.45.